The van der Waals surface area contributed by atoms with E-state index in [4.69, 9.17) is 0 Å². The van der Waals surface area contributed by atoms with Gasteiger partial charge in [-0.05, 0) is 18.8 Å². The molecule has 0 aliphatic rings. The van der Waals surface area contributed by atoms with Crippen LogP contribution in [-0.2, 0) is 9.59 Å². The lowest BCUT2D eigenvalue weighted by Gasteiger charge is -2.08. The van der Waals surface area contributed by atoms with Gasteiger partial charge in [-0.15, -0.1) is 0 Å². The molecule has 2 amide bonds. The van der Waals surface area contributed by atoms with Gasteiger partial charge in [0.2, 0.25) is 11.8 Å². The van der Waals surface area contributed by atoms with Crippen molar-refractivity contribution < 1.29 is 9.59 Å². The molecule has 0 spiro atoms. The van der Waals surface area contributed by atoms with Crippen LogP contribution in [0.1, 0.15) is 97.8 Å². The molecule has 1 unspecified atom stereocenters. The van der Waals surface area contributed by atoms with Gasteiger partial charge in [0.1, 0.15) is 0 Å². The normalized spacial score (nSPS) is 12.0. The van der Waals surface area contributed by atoms with E-state index < -0.39 is 0 Å². The van der Waals surface area contributed by atoms with E-state index in [0.717, 1.165) is 38.3 Å². The molecule has 0 rings (SSSR count). The highest BCUT2D eigenvalue weighted by Gasteiger charge is 2.06. The van der Waals surface area contributed by atoms with E-state index in [1.165, 1.54) is 44.9 Å². The quantitative estimate of drug-likeness (QED) is 0.404. The van der Waals surface area contributed by atoms with Crippen molar-refractivity contribution in [1.82, 2.24) is 10.6 Å². The number of nitrogens with one attached hydrogen (secondary N) is 2. The third kappa shape index (κ3) is 15.8. The van der Waals surface area contributed by atoms with Crippen molar-refractivity contribution in [2.75, 3.05) is 13.1 Å². The van der Waals surface area contributed by atoms with Gasteiger partial charge in [0.25, 0.3) is 0 Å². The summed E-state index contributed by atoms with van der Waals surface area (Å²) in [5.74, 6) is 0.824. The number of amides is 2. The van der Waals surface area contributed by atoms with Crippen LogP contribution in [0.25, 0.3) is 0 Å². The monoisotopic (exact) mass is 340 g/mol. The van der Waals surface area contributed by atoms with E-state index in [1.54, 1.807) is 0 Å². The van der Waals surface area contributed by atoms with Crippen molar-refractivity contribution in [3.05, 3.63) is 0 Å². The van der Waals surface area contributed by atoms with Crippen LogP contribution in [0, 0.1) is 5.92 Å². The lowest BCUT2D eigenvalue weighted by Crippen LogP contribution is -2.28. The van der Waals surface area contributed by atoms with Crippen LogP contribution >= 0.6 is 0 Å². The van der Waals surface area contributed by atoms with E-state index in [-0.39, 0.29) is 11.8 Å². The van der Waals surface area contributed by atoms with Crippen LogP contribution < -0.4 is 10.6 Å². The van der Waals surface area contributed by atoms with E-state index >= 15 is 0 Å². The summed E-state index contributed by atoms with van der Waals surface area (Å²) in [6, 6.07) is 0. The van der Waals surface area contributed by atoms with Crippen LogP contribution in [0.5, 0.6) is 0 Å². The fraction of sp³-hybridized carbons (Fsp3) is 0.900. The zero-order chi connectivity index (χ0) is 18.0. The van der Waals surface area contributed by atoms with Crippen molar-refractivity contribution in [1.29, 1.82) is 0 Å². The molecule has 0 bridgehead atoms. The molecule has 0 aromatic rings. The average Bonchev–Trinajstić information content (AvgIpc) is 2.58. The molecule has 4 nitrogen and oxygen atoms in total. The first-order chi connectivity index (χ1) is 11.6. The van der Waals surface area contributed by atoms with Gasteiger partial charge in [0.15, 0.2) is 0 Å². The average molecular weight is 341 g/mol. The van der Waals surface area contributed by atoms with Gasteiger partial charge in [-0.1, -0.05) is 72.1 Å². The molecule has 0 saturated carbocycles. The lowest BCUT2D eigenvalue weighted by molar-refractivity contribution is -0.126. The molecule has 0 fully saturated rings. The summed E-state index contributed by atoms with van der Waals surface area (Å²) >= 11 is 0. The summed E-state index contributed by atoms with van der Waals surface area (Å²) in [5.41, 5.74) is 0. The van der Waals surface area contributed by atoms with Gasteiger partial charge in [-0.2, -0.15) is 0 Å². The summed E-state index contributed by atoms with van der Waals surface area (Å²) in [4.78, 5) is 23.3. The van der Waals surface area contributed by atoms with Crippen LogP contribution in [0.4, 0.5) is 0 Å². The van der Waals surface area contributed by atoms with E-state index in [1.807, 2.05) is 0 Å². The molecule has 2 N–H and O–H groups in total. The summed E-state index contributed by atoms with van der Waals surface area (Å²) in [6.07, 6.45) is 12.5. The zero-order valence-corrected chi connectivity index (χ0v) is 16.3. The first-order valence-corrected chi connectivity index (χ1v) is 10.1. The van der Waals surface area contributed by atoms with Crippen LogP contribution in [0.15, 0.2) is 0 Å². The third-order valence-electron chi connectivity index (χ3n) is 4.57. The summed E-state index contributed by atoms with van der Waals surface area (Å²) in [7, 11) is 0. The standard InChI is InChI=1S/C20H40N2O2/c1-4-6-7-11-16-21-19(23)14-15-20(24)22-17-12-9-8-10-13-18(3)5-2/h18H,4-17H2,1-3H3,(H,21,23)(H,22,24). The molecule has 0 aliphatic carbocycles. The smallest absolute Gasteiger partial charge is 0.220 e. The van der Waals surface area contributed by atoms with E-state index in [0.29, 0.717) is 12.8 Å². The molecule has 142 valence electrons. The lowest BCUT2D eigenvalue weighted by atomic mass is 10.0. The Balaban J connectivity index is 3.38. The molecule has 0 aromatic heterocycles. The Bertz CT molecular complexity index is 319. The maximum Gasteiger partial charge on any atom is 0.220 e. The van der Waals surface area contributed by atoms with E-state index in [9.17, 15) is 9.59 Å². The molecular formula is C20H40N2O2. The van der Waals surface area contributed by atoms with Crippen LogP contribution in [0.3, 0.4) is 0 Å². The van der Waals surface area contributed by atoms with Gasteiger partial charge in [0, 0.05) is 25.9 Å². The molecular weight excluding hydrogens is 300 g/mol. The minimum absolute atomic E-state index is 0.00395. The highest BCUT2D eigenvalue weighted by Crippen LogP contribution is 2.12. The Hall–Kier alpha value is -1.06. The van der Waals surface area contributed by atoms with Gasteiger partial charge >= 0.3 is 0 Å². The second kappa shape index (κ2) is 16.8. The molecule has 0 saturated heterocycles. The second-order valence-corrected chi connectivity index (χ2v) is 6.98. The Morgan fingerprint density at radius 2 is 1.25 bits per heavy atom. The predicted molar refractivity (Wildman–Crippen MR) is 102 cm³/mol. The Labute approximate surface area is 149 Å². The van der Waals surface area contributed by atoms with Crippen LogP contribution in [0.2, 0.25) is 0 Å². The molecule has 0 radical (unpaired) electrons. The largest absolute Gasteiger partial charge is 0.356 e. The van der Waals surface area contributed by atoms with Gasteiger partial charge in [0.05, 0.1) is 0 Å². The number of hydrogen-bond donors (Lipinski definition) is 2. The molecule has 0 aromatic carbocycles. The number of carbonyl (C=O) groups is 2. The number of hydrogen-bond acceptors (Lipinski definition) is 2. The van der Waals surface area contributed by atoms with Gasteiger partial charge in [-0.25, -0.2) is 0 Å². The minimum Gasteiger partial charge on any atom is -0.356 e. The summed E-state index contributed by atoms with van der Waals surface area (Å²) in [6.45, 7) is 8.19. The number of rotatable bonds is 16. The Morgan fingerprint density at radius 3 is 1.75 bits per heavy atom. The second-order valence-electron chi connectivity index (χ2n) is 6.98. The highest BCUT2D eigenvalue weighted by molar-refractivity contribution is 5.83. The van der Waals surface area contributed by atoms with Crippen molar-refractivity contribution in [2.24, 2.45) is 5.92 Å². The highest BCUT2D eigenvalue weighted by atomic mass is 16.2. The first-order valence-electron chi connectivity index (χ1n) is 10.1. The maximum absolute atomic E-state index is 11.7. The van der Waals surface area contributed by atoms with Gasteiger partial charge < -0.3 is 10.6 Å². The SMILES string of the molecule is CCCCCCNC(=O)CCC(=O)NCCCCCCC(C)CC. The van der Waals surface area contributed by atoms with E-state index in [2.05, 4.69) is 31.4 Å². The summed E-state index contributed by atoms with van der Waals surface area (Å²) in [5, 5.41) is 5.80. The maximum atomic E-state index is 11.7. The Morgan fingerprint density at radius 1 is 0.750 bits per heavy atom. The van der Waals surface area contributed by atoms with Crippen molar-refractivity contribution in [3.8, 4) is 0 Å². The topological polar surface area (TPSA) is 58.2 Å². The molecule has 4 heteroatoms. The molecule has 0 heterocycles. The number of carbonyl (C=O) groups excluding carboxylic acids is 2. The van der Waals surface area contributed by atoms with Crippen molar-refractivity contribution >= 4 is 11.8 Å². The minimum atomic E-state index is -0.00769. The Kier molecular flexibility index (Phi) is 16.0. The fourth-order valence-electron chi connectivity index (χ4n) is 2.59. The predicted octanol–water partition coefficient (Wildman–Crippen LogP) is 4.58. The van der Waals surface area contributed by atoms with Gasteiger partial charge in [-0.3, -0.25) is 9.59 Å². The first kappa shape index (κ1) is 22.9. The summed E-state index contributed by atoms with van der Waals surface area (Å²) < 4.78 is 0. The van der Waals surface area contributed by atoms with Crippen molar-refractivity contribution in [3.63, 3.8) is 0 Å². The number of unbranched alkanes of at least 4 members (excludes halogenated alkanes) is 6. The fourth-order valence-corrected chi connectivity index (χ4v) is 2.59. The third-order valence-corrected chi connectivity index (χ3v) is 4.57. The molecule has 1 atom stereocenters. The molecule has 0 aliphatic heterocycles. The zero-order valence-electron chi connectivity index (χ0n) is 16.3. The molecule has 24 heavy (non-hydrogen) atoms. The van der Waals surface area contributed by atoms with Crippen LogP contribution in [-0.4, -0.2) is 24.9 Å². The van der Waals surface area contributed by atoms with Crippen molar-refractivity contribution in [2.45, 2.75) is 97.8 Å².